The Morgan fingerprint density at radius 2 is 2.07 bits per heavy atom. The normalized spacial score (nSPS) is 20.8. The maximum atomic E-state index is 12.9. The van der Waals surface area contributed by atoms with E-state index < -0.39 is 0 Å². The lowest BCUT2D eigenvalue weighted by molar-refractivity contribution is -0.134. The van der Waals surface area contributed by atoms with Crippen LogP contribution in [0.2, 0.25) is 0 Å². The van der Waals surface area contributed by atoms with Gasteiger partial charge in [0.05, 0.1) is 13.0 Å². The largest absolute Gasteiger partial charge is 0.493 e. The molecular formula is C23H32N2O5. The molecule has 7 heteroatoms. The van der Waals surface area contributed by atoms with Crippen molar-refractivity contribution in [3.63, 3.8) is 0 Å². The van der Waals surface area contributed by atoms with Gasteiger partial charge in [-0.15, -0.1) is 0 Å². The smallest absolute Gasteiger partial charge is 0.246 e. The Morgan fingerprint density at radius 3 is 2.83 bits per heavy atom. The summed E-state index contributed by atoms with van der Waals surface area (Å²) in [6.45, 7) is 6.24. The molecule has 3 rings (SSSR count). The zero-order valence-corrected chi connectivity index (χ0v) is 18.1. The van der Waals surface area contributed by atoms with E-state index in [1.54, 1.807) is 24.2 Å². The van der Waals surface area contributed by atoms with E-state index in [2.05, 4.69) is 12.2 Å². The number of ether oxygens (including phenoxy) is 3. The SMILES string of the molecule is CCCCNC(=O)C1CCC(C)N(C(=O)C=Cc2cc(OC)c3c(c2)OCCO3)C1. The van der Waals surface area contributed by atoms with Crippen LogP contribution in [0.25, 0.3) is 6.08 Å². The topological polar surface area (TPSA) is 77.1 Å². The summed E-state index contributed by atoms with van der Waals surface area (Å²) in [4.78, 5) is 27.1. The lowest BCUT2D eigenvalue weighted by Crippen LogP contribution is -2.49. The highest BCUT2D eigenvalue weighted by atomic mass is 16.6. The predicted octanol–water partition coefficient (Wildman–Crippen LogP) is 3.02. The van der Waals surface area contributed by atoms with Crippen molar-refractivity contribution in [1.29, 1.82) is 0 Å². The van der Waals surface area contributed by atoms with Gasteiger partial charge in [0.1, 0.15) is 13.2 Å². The van der Waals surface area contributed by atoms with Crippen LogP contribution < -0.4 is 19.5 Å². The second-order valence-corrected chi connectivity index (χ2v) is 7.84. The first-order valence-electron chi connectivity index (χ1n) is 10.8. The summed E-state index contributed by atoms with van der Waals surface area (Å²) in [7, 11) is 1.58. The van der Waals surface area contributed by atoms with Crippen LogP contribution in [0.5, 0.6) is 17.2 Å². The van der Waals surface area contributed by atoms with Crippen LogP contribution in [0.1, 0.15) is 45.1 Å². The van der Waals surface area contributed by atoms with Gasteiger partial charge in [0.25, 0.3) is 0 Å². The Balaban J connectivity index is 1.66. The third kappa shape index (κ3) is 5.26. The van der Waals surface area contributed by atoms with Gasteiger partial charge in [0, 0.05) is 25.2 Å². The molecular weight excluding hydrogens is 384 g/mol. The first-order chi connectivity index (χ1) is 14.5. The minimum atomic E-state index is -0.148. The number of amides is 2. The van der Waals surface area contributed by atoms with E-state index in [4.69, 9.17) is 14.2 Å². The van der Waals surface area contributed by atoms with Gasteiger partial charge in [0.15, 0.2) is 11.5 Å². The molecule has 2 unspecified atom stereocenters. The monoisotopic (exact) mass is 416 g/mol. The molecule has 0 aliphatic carbocycles. The number of benzene rings is 1. The molecule has 2 heterocycles. The zero-order chi connectivity index (χ0) is 21.5. The lowest BCUT2D eigenvalue weighted by Gasteiger charge is -2.36. The number of rotatable bonds is 7. The van der Waals surface area contributed by atoms with E-state index in [-0.39, 0.29) is 23.8 Å². The Bertz CT molecular complexity index is 775. The number of nitrogens with one attached hydrogen (secondary N) is 1. The van der Waals surface area contributed by atoms with Crippen LogP contribution in [0.3, 0.4) is 0 Å². The average Bonchev–Trinajstić information content (AvgIpc) is 2.77. The van der Waals surface area contributed by atoms with Gasteiger partial charge in [-0.1, -0.05) is 13.3 Å². The van der Waals surface area contributed by atoms with Crippen molar-refractivity contribution in [2.24, 2.45) is 5.92 Å². The molecule has 1 N–H and O–H groups in total. The fourth-order valence-electron chi connectivity index (χ4n) is 3.81. The Morgan fingerprint density at radius 1 is 1.27 bits per heavy atom. The zero-order valence-electron chi connectivity index (χ0n) is 18.1. The first kappa shape index (κ1) is 22.0. The second kappa shape index (κ2) is 10.4. The number of fused-ring (bicyclic) bond motifs is 1. The number of carbonyl (C=O) groups excluding carboxylic acids is 2. The van der Waals surface area contributed by atoms with Crippen LogP contribution >= 0.6 is 0 Å². The predicted molar refractivity (Wildman–Crippen MR) is 115 cm³/mol. The molecule has 0 bridgehead atoms. The maximum Gasteiger partial charge on any atom is 0.246 e. The first-order valence-corrected chi connectivity index (χ1v) is 10.8. The molecule has 2 aliphatic heterocycles. The molecule has 1 aromatic carbocycles. The van der Waals surface area contributed by atoms with E-state index in [9.17, 15) is 9.59 Å². The highest BCUT2D eigenvalue weighted by Crippen LogP contribution is 2.40. The second-order valence-electron chi connectivity index (χ2n) is 7.84. The molecule has 1 aromatic rings. The summed E-state index contributed by atoms with van der Waals surface area (Å²) in [6, 6.07) is 3.77. The van der Waals surface area contributed by atoms with Crippen LogP contribution in [0.15, 0.2) is 18.2 Å². The minimum Gasteiger partial charge on any atom is -0.493 e. The van der Waals surface area contributed by atoms with Crippen molar-refractivity contribution >= 4 is 17.9 Å². The Labute approximate surface area is 178 Å². The molecule has 1 saturated heterocycles. The molecule has 0 spiro atoms. The molecule has 30 heavy (non-hydrogen) atoms. The summed E-state index contributed by atoms with van der Waals surface area (Å²) in [5, 5.41) is 2.99. The van der Waals surface area contributed by atoms with Crippen molar-refractivity contribution in [2.75, 3.05) is 33.4 Å². The highest BCUT2D eigenvalue weighted by molar-refractivity contribution is 5.93. The fraction of sp³-hybridized carbons (Fsp3) is 0.565. The van der Waals surface area contributed by atoms with E-state index in [1.165, 1.54) is 0 Å². The van der Waals surface area contributed by atoms with Crippen molar-refractivity contribution in [1.82, 2.24) is 10.2 Å². The van der Waals surface area contributed by atoms with Crippen molar-refractivity contribution in [2.45, 2.75) is 45.6 Å². The Kier molecular flexibility index (Phi) is 7.60. The summed E-state index contributed by atoms with van der Waals surface area (Å²) in [6.07, 6.45) is 6.95. The third-order valence-corrected chi connectivity index (χ3v) is 5.63. The summed E-state index contributed by atoms with van der Waals surface area (Å²) in [5.41, 5.74) is 0.794. The van der Waals surface area contributed by atoms with Crippen LogP contribution in [0, 0.1) is 5.92 Å². The van der Waals surface area contributed by atoms with Gasteiger partial charge < -0.3 is 24.4 Å². The summed E-state index contributed by atoms with van der Waals surface area (Å²) < 4.78 is 16.7. The maximum absolute atomic E-state index is 12.9. The molecule has 2 atom stereocenters. The van der Waals surface area contributed by atoms with Crippen LogP contribution in [-0.2, 0) is 9.59 Å². The van der Waals surface area contributed by atoms with Crippen LogP contribution in [-0.4, -0.2) is 56.2 Å². The van der Waals surface area contributed by atoms with Gasteiger partial charge in [0.2, 0.25) is 17.6 Å². The number of unbranched alkanes of at least 4 members (excludes halogenated alkanes) is 1. The molecule has 164 valence electrons. The number of hydrogen-bond donors (Lipinski definition) is 1. The van der Waals surface area contributed by atoms with Gasteiger partial charge in [-0.3, -0.25) is 9.59 Å². The fourth-order valence-corrected chi connectivity index (χ4v) is 3.81. The highest BCUT2D eigenvalue weighted by Gasteiger charge is 2.31. The average molecular weight is 417 g/mol. The van der Waals surface area contributed by atoms with E-state index >= 15 is 0 Å². The van der Waals surface area contributed by atoms with Crippen molar-refractivity contribution < 1.29 is 23.8 Å². The molecule has 2 aliphatic rings. The molecule has 1 fully saturated rings. The lowest BCUT2D eigenvalue weighted by atomic mass is 9.92. The number of nitrogens with zero attached hydrogens (tertiary/aromatic N) is 1. The summed E-state index contributed by atoms with van der Waals surface area (Å²) >= 11 is 0. The molecule has 0 saturated carbocycles. The van der Waals surface area contributed by atoms with Gasteiger partial charge in [-0.25, -0.2) is 0 Å². The quantitative estimate of drug-likeness (QED) is 0.546. The molecule has 7 nitrogen and oxygen atoms in total. The van der Waals surface area contributed by atoms with Gasteiger partial charge in [-0.05, 0) is 50.0 Å². The third-order valence-electron chi connectivity index (χ3n) is 5.63. The van der Waals surface area contributed by atoms with E-state index in [0.717, 1.165) is 31.2 Å². The number of carbonyl (C=O) groups is 2. The van der Waals surface area contributed by atoms with Crippen LogP contribution in [0.4, 0.5) is 0 Å². The van der Waals surface area contributed by atoms with Crippen molar-refractivity contribution in [3.05, 3.63) is 23.8 Å². The minimum absolute atomic E-state index is 0.0497. The van der Waals surface area contributed by atoms with E-state index in [0.29, 0.717) is 43.6 Å². The summed E-state index contributed by atoms with van der Waals surface area (Å²) in [5.74, 6) is 1.59. The standard InChI is InChI=1S/C23H32N2O5/c1-4-5-10-24-23(27)18-8-6-16(2)25(15-18)21(26)9-7-17-13-19(28-3)22-20(14-17)29-11-12-30-22/h7,9,13-14,16,18H,4-6,8,10-12,15H2,1-3H3,(H,24,27). The number of methoxy groups -OCH3 is 1. The van der Waals surface area contributed by atoms with E-state index in [1.807, 2.05) is 19.1 Å². The molecule has 2 amide bonds. The Hall–Kier alpha value is -2.70. The van der Waals surface area contributed by atoms with Gasteiger partial charge >= 0.3 is 0 Å². The van der Waals surface area contributed by atoms with Crippen molar-refractivity contribution in [3.8, 4) is 17.2 Å². The molecule has 0 aromatic heterocycles. The molecule has 0 radical (unpaired) electrons. The number of piperidine rings is 1. The number of likely N-dealkylation sites (tertiary alicyclic amines) is 1. The van der Waals surface area contributed by atoms with Gasteiger partial charge in [-0.2, -0.15) is 0 Å². The number of hydrogen-bond acceptors (Lipinski definition) is 5.